The molecule has 5 nitrogen and oxygen atoms in total. The van der Waals surface area contributed by atoms with Gasteiger partial charge in [-0.2, -0.15) is 5.10 Å². The van der Waals surface area contributed by atoms with E-state index < -0.39 is 0 Å². The Labute approximate surface area is 112 Å². The molecule has 0 unspecified atom stereocenters. The van der Waals surface area contributed by atoms with Gasteiger partial charge in [-0.25, -0.2) is 4.68 Å². The molecule has 0 aliphatic heterocycles. The number of esters is 1. The topological polar surface area (TPSA) is 56.1 Å². The fourth-order valence-electron chi connectivity index (χ4n) is 1.70. The Hall–Kier alpha value is -2.14. The lowest BCUT2D eigenvalue weighted by Crippen LogP contribution is -2.18. The van der Waals surface area contributed by atoms with Crippen LogP contribution in [0, 0.1) is 0 Å². The van der Waals surface area contributed by atoms with E-state index in [1.165, 1.54) is 7.11 Å². The molecule has 0 amide bonds. The first-order chi connectivity index (χ1) is 9.29. The third-order valence-corrected chi connectivity index (χ3v) is 2.72. The molecule has 2 rings (SSSR count). The minimum Gasteiger partial charge on any atom is -0.469 e. The van der Waals surface area contributed by atoms with E-state index in [0.29, 0.717) is 19.5 Å². The Bertz CT molecular complexity index is 522. The van der Waals surface area contributed by atoms with Gasteiger partial charge < -0.3 is 10.1 Å². The molecule has 0 saturated heterocycles. The summed E-state index contributed by atoms with van der Waals surface area (Å²) in [6, 6.07) is 9.93. The van der Waals surface area contributed by atoms with Crippen LogP contribution < -0.4 is 5.32 Å². The molecule has 1 aromatic heterocycles. The number of nitrogens with one attached hydrogen (secondary N) is 1. The second-order valence-corrected chi connectivity index (χ2v) is 4.13. The van der Waals surface area contributed by atoms with Crippen LogP contribution in [0.4, 0.5) is 0 Å². The Morgan fingerprint density at radius 1 is 1.37 bits per heavy atom. The zero-order chi connectivity index (χ0) is 13.5. The fraction of sp³-hybridized carbons (Fsp3) is 0.286. The Morgan fingerprint density at radius 3 is 2.89 bits per heavy atom. The second-order valence-electron chi connectivity index (χ2n) is 4.13. The third kappa shape index (κ3) is 3.93. The van der Waals surface area contributed by atoms with Crippen LogP contribution in [0.2, 0.25) is 0 Å². The molecule has 0 aliphatic rings. The molecule has 1 aromatic carbocycles. The van der Waals surface area contributed by atoms with Gasteiger partial charge in [-0.15, -0.1) is 0 Å². The molecule has 100 valence electrons. The lowest BCUT2D eigenvalue weighted by atomic mass is 10.3. The minimum atomic E-state index is -0.201. The lowest BCUT2D eigenvalue weighted by molar-refractivity contribution is -0.140. The van der Waals surface area contributed by atoms with Gasteiger partial charge in [0.2, 0.25) is 0 Å². The molecule has 0 fully saturated rings. The maximum absolute atomic E-state index is 10.9. The SMILES string of the molecule is COC(=O)CCNCc1cnn(-c2ccccc2)c1. The van der Waals surface area contributed by atoms with Crippen LogP contribution in [0.1, 0.15) is 12.0 Å². The van der Waals surface area contributed by atoms with E-state index in [-0.39, 0.29) is 5.97 Å². The second kappa shape index (κ2) is 6.70. The highest BCUT2D eigenvalue weighted by Crippen LogP contribution is 2.07. The van der Waals surface area contributed by atoms with Crippen LogP contribution in [0.5, 0.6) is 0 Å². The van der Waals surface area contributed by atoms with Crippen LogP contribution in [0.25, 0.3) is 5.69 Å². The molecule has 19 heavy (non-hydrogen) atoms. The summed E-state index contributed by atoms with van der Waals surface area (Å²) in [5, 5.41) is 7.48. The number of carbonyl (C=O) groups is 1. The number of carbonyl (C=O) groups excluding carboxylic acids is 1. The number of hydrogen-bond acceptors (Lipinski definition) is 4. The van der Waals surface area contributed by atoms with E-state index in [0.717, 1.165) is 11.3 Å². The zero-order valence-electron chi connectivity index (χ0n) is 10.9. The first-order valence-corrected chi connectivity index (χ1v) is 6.16. The van der Waals surface area contributed by atoms with Crippen LogP contribution in [-0.4, -0.2) is 29.4 Å². The summed E-state index contributed by atoms with van der Waals surface area (Å²) in [4.78, 5) is 10.9. The summed E-state index contributed by atoms with van der Waals surface area (Å²) >= 11 is 0. The Kier molecular flexibility index (Phi) is 4.69. The largest absolute Gasteiger partial charge is 0.469 e. The molecule has 5 heteroatoms. The summed E-state index contributed by atoms with van der Waals surface area (Å²) in [5.41, 5.74) is 2.11. The highest BCUT2D eigenvalue weighted by Gasteiger charge is 2.02. The van der Waals surface area contributed by atoms with Gasteiger partial charge in [0, 0.05) is 24.8 Å². The molecule has 1 heterocycles. The number of methoxy groups -OCH3 is 1. The van der Waals surface area contributed by atoms with Gasteiger partial charge in [-0.3, -0.25) is 4.79 Å². The molecule has 0 atom stereocenters. The smallest absolute Gasteiger partial charge is 0.306 e. The summed E-state index contributed by atoms with van der Waals surface area (Å²) in [7, 11) is 1.40. The molecule has 0 saturated carbocycles. The maximum atomic E-state index is 10.9. The normalized spacial score (nSPS) is 10.4. The molecule has 0 bridgehead atoms. The molecule has 2 aromatic rings. The monoisotopic (exact) mass is 259 g/mol. The highest BCUT2D eigenvalue weighted by molar-refractivity contribution is 5.69. The van der Waals surface area contributed by atoms with E-state index in [1.54, 1.807) is 0 Å². The van der Waals surface area contributed by atoms with Crippen molar-refractivity contribution in [2.45, 2.75) is 13.0 Å². The van der Waals surface area contributed by atoms with Gasteiger partial charge in [-0.1, -0.05) is 18.2 Å². The van der Waals surface area contributed by atoms with E-state index in [2.05, 4.69) is 15.2 Å². The van der Waals surface area contributed by atoms with Crippen molar-refractivity contribution in [3.8, 4) is 5.69 Å². The van der Waals surface area contributed by atoms with Crippen molar-refractivity contribution >= 4 is 5.97 Å². The van der Waals surface area contributed by atoms with Gasteiger partial charge in [0.25, 0.3) is 0 Å². The number of ether oxygens (including phenoxy) is 1. The fourth-order valence-corrected chi connectivity index (χ4v) is 1.70. The van der Waals surface area contributed by atoms with E-state index in [1.807, 2.05) is 47.4 Å². The summed E-state index contributed by atoms with van der Waals surface area (Å²) in [6.45, 7) is 1.28. The van der Waals surface area contributed by atoms with Crippen LogP contribution in [-0.2, 0) is 16.1 Å². The van der Waals surface area contributed by atoms with Crippen molar-refractivity contribution in [1.82, 2.24) is 15.1 Å². The summed E-state index contributed by atoms with van der Waals surface area (Å²) in [5.74, 6) is -0.201. The van der Waals surface area contributed by atoms with Gasteiger partial charge in [-0.05, 0) is 12.1 Å². The molecule has 0 spiro atoms. The van der Waals surface area contributed by atoms with E-state index in [4.69, 9.17) is 0 Å². The van der Waals surface area contributed by atoms with E-state index in [9.17, 15) is 4.79 Å². The maximum Gasteiger partial charge on any atom is 0.306 e. The van der Waals surface area contributed by atoms with Gasteiger partial charge >= 0.3 is 5.97 Å². The average molecular weight is 259 g/mol. The molecule has 1 N–H and O–H groups in total. The lowest BCUT2D eigenvalue weighted by Gasteiger charge is -2.02. The first kappa shape index (κ1) is 13.3. The highest BCUT2D eigenvalue weighted by atomic mass is 16.5. The van der Waals surface area contributed by atoms with Gasteiger partial charge in [0.05, 0.1) is 25.4 Å². The number of aromatic nitrogens is 2. The molecular formula is C14H17N3O2. The number of para-hydroxylation sites is 1. The Morgan fingerprint density at radius 2 is 2.16 bits per heavy atom. The summed E-state index contributed by atoms with van der Waals surface area (Å²) in [6.07, 6.45) is 4.17. The summed E-state index contributed by atoms with van der Waals surface area (Å²) < 4.78 is 6.40. The minimum absolute atomic E-state index is 0.201. The predicted octanol–water partition coefficient (Wildman–Crippen LogP) is 1.52. The molecule has 0 aliphatic carbocycles. The number of nitrogens with zero attached hydrogens (tertiary/aromatic N) is 2. The predicted molar refractivity (Wildman–Crippen MR) is 71.9 cm³/mol. The number of rotatable bonds is 6. The van der Waals surface area contributed by atoms with Gasteiger partial charge in [0.15, 0.2) is 0 Å². The van der Waals surface area contributed by atoms with Crippen molar-refractivity contribution < 1.29 is 9.53 Å². The van der Waals surface area contributed by atoms with Crippen molar-refractivity contribution in [2.75, 3.05) is 13.7 Å². The van der Waals surface area contributed by atoms with Crippen LogP contribution in [0.15, 0.2) is 42.7 Å². The van der Waals surface area contributed by atoms with Crippen molar-refractivity contribution in [3.63, 3.8) is 0 Å². The average Bonchev–Trinajstić information content (AvgIpc) is 2.93. The van der Waals surface area contributed by atoms with Crippen molar-refractivity contribution in [1.29, 1.82) is 0 Å². The standard InChI is InChI=1S/C14H17N3O2/c1-19-14(18)7-8-15-9-12-10-16-17(11-12)13-5-3-2-4-6-13/h2-6,10-11,15H,7-9H2,1H3. The number of hydrogen-bond donors (Lipinski definition) is 1. The van der Waals surface area contributed by atoms with Crippen LogP contribution >= 0.6 is 0 Å². The van der Waals surface area contributed by atoms with Crippen LogP contribution in [0.3, 0.4) is 0 Å². The van der Waals surface area contributed by atoms with Gasteiger partial charge in [0.1, 0.15) is 0 Å². The quantitative estimate of drug-likeness (QED) is 0.631. The first-order valence-electron chi connectivity index (χ1n) is 6.16. The zero-order valence-corrected chi connectivity index (χ0v) is 10.9. The third-order valence-electron chi connectivity index (χ3n) is 2.72. The van der Waals surface area contributed by atoms with Crippen molar-refractivity contribution in [2.24, 2.45) is 0 Å². The Balaban J connectivity index is 1.83. The van der Waals surface area contributed by atoms with E-state index >= 15 is 0 Å². The molecular weight excluding hydrogens is 242 g/mol. The number of benzene rings is 1. The molecule has 0 radical (unpaired) electrons. The van der Waals surface area contributed by atoms with Crippen molar-refractivity contribution in [3.05, 3.63) is 48.3 Å².